The molecule has 10 heavy (non-hydrogen) atoms. The quantitative estimate of drug-likeness (QED) is 0.636. The first-order chi connectivity index (χ1) is 3.68. The van der Waals surface area contributed by atoms with Crippen LogP contribution in [-0.2, 0) is 0 Å². The van der Waals surface area contributed by atoms with Crippen molar-refractivity contribution in [1.82, 2.24) is 0 Å². The van der Waals surface area contributed by atoms with Crippen LogP contribution in [0.4, 0.5) is 0 Å². The van der Waals surface area contributed by atoms with Gasteiger partial charge in [-0.3, -0.25) is 0 Å². The molecule has 0 heterocycles. The molecule has 0 saturated carbocycles. The minimum atomic E-state index is 0. The molecular formula is C9H22La-2. The maximum absolute atomic E-state index is 3.76. The molecule has 0 N–H and O–H groups in total. The molecule has 1 unspecified atom stereocenters. The van der Waals surface area contributed by atoms with Gasteiger partial charge in [0.15, 0.2) is 0 Å². The van der Waals surface area contributed by atoms with Crippen LogP contribution < -0.4 is 0 Å². The van der Waals surface area contributed by atoms with E-state index in [1.165, 1.54) is 6.42 Å². The minimum absolute atomic E-state index is 0. The van der Waals surface area contributed by atoms with Crippen LogP contribution in [-0.4, -0.2) is 0 Å². The SMILES string of the molecule is C.C[CH-]C.[CH2-]C(C)CC.[La]. The normalized spacial score (nSPS) is 9.30. The fraction of sp³-hybridized carbons (Fsp3) is 0.778. The number of hydrogen-bond acceptors (Lipinski definition) is 0. The standard InChI is InChI=1S/C5H11.C3H7.CH4.La/c1-4-5(2)3;1-3-2;;/h5H,2,4H2,1,3H3;3H,1-2H3;1H4;/q2*-1;;. The Hall–Kier alpha value is 1.19. The zero-order valence-corrected chi connectivity index (χ0v) is 10.8. The van der Waals surface area contributed by atoms with E-state index in [-0.39, 0.29) is 43.0 Å². The van der Waals surface area contributed by atoms with Crippen LogP contribution >= 0.6 is 0 Å². The summed E-state index contributed by atoms with van der Waals surface area (Å²) in [5.74, 6) is 0.634. The summed E-state index contributed by atoms with van der Waals surface area (Å²) in [5, 5.41) is 0. The number of rotatable bonds is 1. The molecule has 1 radical (unpaired) electrons. The molecule has 0 aromatic rings. The molecule has 0 aliphatic rings. The fourth-order valence-electron chi connectivity index (χ4n) is 0. The molecule has 0 nitrogen and oxygen atoms in total. The molecule has 0 aliphatic carbocycles. The van der Waals surface area contributed by atoms with Gasteiger partial charge < -0.3 is 13.3 Å². The summed E-state index contributed by atoms with van der Waals surface area (Å²) in [5.41, 5.74) is 0. The predicted molar refractivity (Wildman–Crippen MR) is 47.2 cm³/mol. The smallest absolute Gasteiger partial charge is 0 e. The summed E-state index contributed by atoms with van der Waals surface area (Å²) < 4.78 is 0. The molecule has 0 saturated heterocycles. The third-order valence-corrected chi connectivity index (χ3v) is 0.697. The second-order valence-corrected chi connectivity index (χ2v) is 2.09. The second kappa shape index (κ2) is 22.5. The largest absolute Gasteiger partial charge is 0.341 e. The van der Waals surface area contributed by atoms with E-state index < -0.39 is 0 Å². The van der Waals surface area contributed by atoms with Crippen molar-refractivity contribution in [2.24, 2.45) is 5.92 Å². The van der Waals surface area contributed by atoms with Crippen molar-refractivity contribution in [2.45, 2.75) is 41.5 Å². The van der Waals surface area contributed by atoms with Gasteiger partial charge in [0.1, 0.15) is 0 Å². The van der Waals surface area contributed by atoms with E-state index in [1.807, 2.05) is 20.3 Å². The van der Waals surface area contributed by atoms with Crippen molar-refractivity contribution in [3.05, 3.63) is 13.3 Å². The molecule has 1 atom stereocenters. The molecule has 0 amide bonds. The van der Waals surface area contributed by atoms with Crippen molar-refractivity contribution >= 4 is 0 Å². The van der Waals surface area contributed by atoms with Gasteiger partial charge in [-0.25, -0.2) is 0 Å². The van der Waals surface area contributed by atoms with Gasteiger partial charge in [-0.1, -0.05) is 27.7 Å². The Morgan fingerprint density at radius 3 is 1.50 bits per heavy atom. The summed E-state index contributed by atoms with van der Waals surface area (Å²) in [7, 11) is 0. The minimum Gasteiger partial charge on any atom is -0.341 e. The third kappa shape index (κ3) is 60.5. The Balaban J connectivity index is -0.0000000326. The summed E-state index contributed by atoms with van der Waals surface area (Å²) >= 11 is 0. The molecule has 1 heteroatoms. The number of hydrogen-bond donors (Lipinski definition) is 0. The first-order valence-corrected chi connectivity index (χ1v) is 3.26. The first kappa shape index (κ1) is 22.5. The molecular weight excluding hydrogens is 247 g/mol. The van der Waals surface area contributed by atoms with Crippen molar-refractivity contribution in [2.75, 3.05) is 0 Å². The van der Waals surface area contributed by atoms with Crippen LogP contribution in [0.25, 0.3) is 0 Å². The fourth-order valence-corrected chi connectivity index (χ4v) is 0. The Kier molecular flexibility index (Phi) is 50.5. The van der Waals surface area contributed by atoms with Gasteiger partial charge in [0.05, 0.1) is 0 Å². The molecule has 0 fully saturated rings. The van der Waals surface area contributed by atoms with Gasteiger partial charge in [0.25, 0.3) is 0 Å². The molecule has 0 aromatic carbocycles. The zero-order chi connectivity index (χ0) is 6.99. The second-order valence-electron chi connectivity index (χ2n) is 2.09. The Labute approximate surface area is 95.8 Å². The monoisotopic (exact) mass is 269 g/mol. The summed E-state index contributed by atoms with van der Waals surface area (Å²) in [6, 6.07) is 0. The van der Waals surface area contributed by atoms with Gasteiger partial charge in [-0.05, 0) is 0 Å². The summed E-state index contributed by atoms with van der Waals surface area (Å²) in [4.78, 5) is 0. The topological polar surface area (TPSA) is 0 Å². The van der Waals surface area contributed by atoms with Gasteiger partial charge in [0, 0.05) is 35.6 Å². The molecule has 0 spiro atoms. The van der Waals surface area contributed by atoms with E-state index in [4.69, 9.17) is 0 Å². The summed E-state index contributed by atoms with van der Waals surface area (Å²) in [6.45, 7) is 12.0. The van der Waals surface area contributed by atoms with Gasteiger partial charge >= 0.3 is 0 Å². The van der Waals surface area contributed by atoms with Crippen molar-refractivity contribution in [3.8, 4) is 0 Å². The summed E-state index contributed by atoms with van der Waals surface area (Å²) in [6.07, 6.45) is 3.19. The Morgan fingerprint density at radius 2 is 1.50 bits per heavy atom. The molecule has 0 rings (SSSR count). The van der Waals surface area contributed by atoms with Crippen LogP contribution in [0.5, 0.6) is 0 Å². The van der Waals surface area contributed by atoms with Crippen molar-refractivity contribution < 1.29 is 35.6 Å². The Morgan fingerprint density at radius 1 is 1.40 bits per heavy atom. The van der Waals surface area contributed by atoms with E-state index in [9.17, 15) is 0 Å². The van der Waals surface area contributed by atoms with Crippen molar-refractivity contribution in [1.29, 1.82) is 0 Å². The molecule has 0 aliphatic heterocycles. The van der Waals surface area contributed by atoms with E-state index in [0.717, 1.165) is 0 Å². The van der Waals surface area contributed by atoms with E-state index >= 15 is 0 Å². The van der Waals surface area contributed by atoms with E-state index in [0.29, 0.717) is 5.92 Å². The van der Waals surface area contributed by atoms with Crippen molar-refractivity contribution in [3.63, 3.8) is 0 Å². The average molecular weight is 269 g/mol. The van der Waals surface area contributed by atoms with Crippen LogP contribution in [0.2, 0.25) is 0 Å². The molecule has 63 valence electrons. The predicted octanol–water partition coefficient (Wildman–Crippen LogP) is 3.73. The molecule has 0 bridgehead atoms. The maximum atomic E-state index is 3.76. The van der Waals surface area contributed by atoms with Gasteiger partial charge in [-0.15, -0.1) is 0 Å². The molecule has 0 aromatic heterocycles. The van der Waals surface area contributed by atoms with Gasteiger partial charge in [-0.2, -0.15) is 19.8 Å². The Bertz CT molecular complexity index is 25.9. The maximum Gasteiger partial charge on any atom is 0 e. The van der Waals surface area contributed by atoms with Crippen LogP contribution in [0.3, 0.4) is 0 Å². The van der Waals surface area contributed by atoms with Crippen LogP contribution in [0.15, 0.2) is 0 Å². The zero-order valence-electron chi connectivity index (χ0n) is 7.15. The van der Waals surface area contributed by atoms with E-state index in [1.54, 1.807) is 0 Å². The average Bonchev–Trinajstić information content (AvgIpc) is 1.69. The van der Waals surface area contributed by atoms with E-state index in [2.05, 4.69) is 20.8 Å². The van der Waals surface area contributed by atoms with Gasteiger partial charge in [0.2, 0.25) is 0 Å². The first-order valence-electron chi connectivity index (χ1n) is 3.26. The van der Waals surface area contributed by atoms with Crippen LogP contribution in [0.1, 0.15) is 41.5 Å². The third-order valence-electron chi connectivity index (χ3n) is 0.697. The van der Waals surface area contributed by atoms with Crippen LogP contribution in [0, 0.1) is 54.9 Å².